The molecule has 1 aromatic heterocycles. The molecule has 1 aliphatic rings. The second kappa shape index (κ2) is 6.22. The number of hydrogen-bond donors (Lipinski definition) is 1. The Morgan fingerprint density at radius 3 is 2.82 bits per heavy atom. The summed E-state index contributed by atoms with van der Waals surface area (Å²) in [6.45, 7) is 1.72. The van der Waals surface area contributed by atoms with E-state index in [0.29, 0.717) is 6.04 Å². The number of nitrogens with two attached hydrogens (primary N) is 1. The number of aromatic nitrogens is 1. The van der Waals surface area contributed by atoms with Gasteiger partial charge in [0.05, 0.1) is 10.7 Å². The number of pyridine rings is 1. The van der Waals surface area contributed by atoms with Crippen LogP contribution in [0.1, 0.15) is 32.1 Å². The van der Waals surface area contributed by atoms with Crippen LogP contribution in [0.3, 0.4) is 0 Å². The van der Waals surface area contributed by atoms with Gasteiger partial charge in [-0.1, -0.05) is 24.4 Å². The molecule has 2 rings (SSSR count). The van der Waals surface area contributed by atoms with Gasteiger partial charge in [0, 0.05) is 25.0 Å². The van der Waals surface area contributed by atoms with Gasteiger partial charge >= 0.3 is 0 Å². The van der Waals surface area contributed by atoms with Gasteiger partial charge in [0.1, 0.15) is 0 Å². The van der Waals surface area contributed by atoms with E-state index in [1.165, 1.54) is 25.7 Å². The first-order valence-electron chi connectivity index (χ1n) is 6.39. The molecule has 0 radical (unpaired) electrons. The van der Waals surface area contributed by atoms with Gasteiger partial charge in [0.15, 0.2) is 0 Å². The van der Waals surface area contributed by atoms with Crippen LogP contribution < -0.4 is 10.6 Å². The highest BCUT2D eigenvalue weighted by atomic mass is 35.5. The number of halogens is 1. The van der Waals surface area contributed by atoms with Crippen molar-refractivity contribution in [2.75, 3.05) is 18.0 Å². The van der Waals surface area contributed by atoms with E-state index in [4.69, 9.17) is 17.3 Å². The Hall–Kier alpha value is -0.800. The zero-order chi connectivity index (χ0) is 12.1. The molecule has 17 heavy (non-hydrogen) atoms. The zero-order valence-corrected chi connectivity index (χ0v) is 10.9. The minimum Gasteiger partial charge on any atom is -0.367 e. The predicted octanol–water partition coefficient (Wildman–Crippen LogP) is 2.83. The third kappa shape index (κ3) is 3.11. The lowest BCUT2D eigenvalue weighted by Crippen LogP contribution is -2.35. The Labute approximate surface area is 108 Å². The highest BCUT2D eigenvalue weighted by molar-refractivity contribution is 6.33. The van der Waals surface area contributed by atoms with Gasteiger partial charge in [-0.05, 0) is 31.9 Å². The molecule has 0 amide bonds. The normalized spacial score (nSPS) is 16.4. The smallest absolute Gasteiger partial charge is 0.0822 e. The van der Waals surface area contributed by atoms with Crippen LogP contribution in [0.2, 0.25) is 5.02 Å². The van der Waals surface area contributed by atoms with Gasteiger partial charge in [-0.15, -0.1) is 0 Å². The summed E-state index contributed by atoms with van der Waals surface area (Å²) in [5.74, 6) is 0. The average Bonchev–Trinajstić information content (AvgIpc) is 2.85. The topological polar surface area (TPSA) is 42.1 Å². The molecule has 1 saturated carbocycles. The van der Waals surface area contributed by atoms with E-state index in [-0.39, 0.29) is 0 Å². The van der Waals surface area contributed by atoms with Crippen molar-refractivity contribution in [2.24, 2.45) is 5.73 Å². The van der Waals surface area contributed by atoms with Crippen LogP contribution in [-0.2, 0) is 0 Å². The standard InChI is InChI=1S/C13H20ClN3/c14-12-10-16-8-6-13(12)17(9-3-7-15)11-4-1-2-5-11/h6,8,10-11H,1-5,7,9,15H2. The fourth-order valence-electron chi connectivity index (χ4n) is 2.58. The lowest BCUT2D eigenvalue weighted by molar-refractivity contribution is 0.593. The molecular formula is C13H20ClN3. The summed E-state index contributed by atoms with van der Waals surface area (Å²) in [5.41, 5.74) is 6.73. The molecular weight excluding hydrogens is 234 g/mol. The SMILES string of the molecule is NCCCN(c1ccncc1Cl)C1CCCC1. The van der Waals surface area contributed by atoms with Gasteiger partial charge in [-0.25, -0.2) is 0 Å². The van der Waals surface area contributed by atoms with Crippen LogP contribution in [0.15, 0.2) is 18.5 Å². The first-order chi connectivity index (χ1) is 8.33. The number of anilines is 1. The summed E-state index contributed by atoms with van der Waals surface area (Å²) in [5, 5.41) is 0.747. The molecule has 94 valence electrons. The lowest BCUT2D eigenvalue weighted by Gasteiger charge is -2.31. The summed E-state index contributed by atoms with van der Waals surface area (Å²) in [6, 6.07) is 2.64. The molecule has 0 unspecified atom stereocenters. The van der Waals surface area contributed by atoms with Crippen molar-refractivity contribution in [3.8, 4) is 0 Å². The number of hydrogen-bond acceptors (Lipinski definition) is 3. The first-order valence-corrected chi connectivity index (χ1v) is 6.77. The maximum atomic E-state index is 6.24. The Balaban J connectivity index is 2.16. The van der Waals surface area contributed by atoms with E-state index >= 15 is 0 Å². The van der Waals surface area contributed by atoms with Crippen molar-refractivity contribution in [1.29, 1.82) is 0 Å². The van der Waals surface area contributed by atoms with E-state index in [1.807, 2.05) is 12.3 Å². The van der Waals surface area contributed by atoms with Crippen molar-refractivity contribution in [2.45, 2.75) is 38.1 Å². The molecule has 3 nitrogen and oxygen atoms in total. The van der Waals surface area contributed by atoms with Crippen molar-refractivity contribution in [3.05, 3.63) is 23.5 Å². The molecule has 1 aromatic rings. The lowest BCUT2D eigenvalue weighted by atomic mass is 10.1. The fourth-order valence-corrected chi connectivity index (χ4v) is 2.81. The minimum atomic E-state index is 0.626. The van der Waals surface area contributed by atoms with E-state index in [0.717, 1.165) is 30.2 Å². The summed E-state index contributed by atoms with van der Waals surface area (Å²) < 4.78 is 0. The van der Waals surface area contributed by atoms with Crippen molar-refractivity contribution < 1.29 is 0 Å². The van der Waals surface area contributed by atoms with E-state index in [2.05, 4.69) is 9.88 Å². The fraction of sp³-hybridized carbons (Fsp3) is 0.615. The second-order valence-electron chi connectivity index (χ2n) is 4.60. The van der Waals surface area contributed by atoms with Crippen molar-refractivity contribution >= 4 is 17.3 Å². The van der Waals surface area contributed by atoms with Crippen LogP contribution in [-0.4, -0.2) is 24.1 Å². The Bertz CT molecular complexity index is 350. The summed E-state index contributed by atoms with van der Waals surface area (Å²) >= 11 is 6.24. The summed E-state index contributed by atoms with van der Waals surface area (Å²) in [4.78, 5) is 6.47. The maximum Gasteiger partial charge on any atom is 0.0822 e. The summed E-state index contributed by atoms with van der Waals surface area (Å²) in [6.07, 6.45) is 9.73. The van der Waals surface area contributed by atoms with E-state index in [9.17, 15) is 0 Å². The number of nitrogens with zero attached hydrogens (tertiary/aromatic N) is 2. The number of rotatable bonds is 5. The van der Waals surface area contributed by atoms with Gasteiger partial charge in [0.25, 0.3) is 0 Å². The molecule has 4 heteroatoms. The quantitative estimate of drug-likeness (QED) is 0.878. The molecule has 0 atom stereocenters. The van der Waals surface area contributed by atoms with Crippen LogP contribution in [0, 0.1) is 0 Å². The Morgan fingerprint density at radius 2 is 2.18 bits per heavy atom. The monoisotopic (exact) mass is 253 g/mol. The largest absolute Gasteiger partial charge is 0.367 e. The van der Waals surface area contributed by atoms with Gasteiger partial charge in [0.2, 0.25) is 0 Å². The van der Waals surface area contributed by atoms with Crippen LogP contribution in [0.5, 0.6) is 0 Å². The third-order valence-electron chi connectivity index (χ3n) is 3.43. The molecule has 0 aromatic carbocycles. The Morgan fingerprint density at radius 1 is 1.41 bits per heavy atom. The van der Waals surface area contributed by atoms with Crippen molar-refractivity contribution in [1.82, 2.24) is 4.98 Å². The summed E-state index contributed by atoms with van der Waals surface area (Å²) in [7, 11) is 0. The molecule has 1 aliphatic carbocycles. The third-order valence-corrected chi connectivity index (χ3v) is 3.72. The predicted molar refractivity (Wildman–Crippen MR) is 72.5 cm³/mol. The molecule has 1 fully saturated rings. The average molecular weight is 254 g/mol. The molecule has 1 heterocycles. The first kappa shape index (κ1) is 12.7. The van der Waals surface area contributed by atoms with Crippen LogP contribution in [0.25, 0.3) is 0 Å². The van der Waals surface area contributed by atoms with Gasteiger partial charge in [-0.3, -0.25) is 4.98 Å². The second-order valence-corrected chi connectivity index (χ2v) is 5.01. The highest BCUT2D eigenvalue weighted by Gasteiger charge is 2.23. The van der Waals surface area contributed by atoms with Crippen LogP contribution >= 0.6 is 11.6 Å². The molecule has 0 saturated heterocycles. The molecule has 2 N–H and O–H groups in total. The van der Waals surface area contributed by atoms with Gasteiger partial charge < -0.3 is 10.6 Å². The minimum absolute atomic E-state index is 0.626. The Kier molecular flexibility index (Phi) is 4.63. The zero-order valence-electron chi connectivity index (χ0n) is 10.1. The highest BCUT2D eigenvalue weighted by Crippen LogP contribution is 2.32. The van der Waals surface area contributed by atoms with Crippen molar-refractivity contribution in [3.63, 3.8) is 0 Å². The van der Waals surface area contributed by atoms with Gasteiger partial charge in [-0.2, -0.15) is 0 Å². The maximum absolute atomic E-state index is 6.24. The molecule has 0 spiro atoms. The van der Waals surface area contributed by atoms with Crippen LogP contribution in [0.4, 0.5) is 5.69 Å². The van der Waals surface area contributed by atoms with E-state index < -0.39 is 0 Å². The molecule has 0 bridgehead atoms. The molecule has 0 aliphatic heterocycles. The van der Waals surface area contributed by atoms with E-state index in [1.54, 1.807) is 6.20 Å².